The van der Waals surface area contributed by atoms with Crippen LogP contribution in [0.3, 0.4) is 0 Å². The minimum absolute atomic E-state index is 0. The zero-order valence-electron chi connectivity index (χ0n) is 4.50. The zero-order valence-corrected chi connectivity index (χ0v) is 4.49. The van der Waals surface area contributed by atoms with Crippen LogP contribution >= 0.6 is 0 Å². The predicted molar refractivity (Wildman–Crippen MR) is 16.4 cm³/mol. The summed E-state index contributed by atoms with van der Waals surface area (Å²) in [5.74, 6) is 0. The molecule has 2 N–H and O–H groups in total. The van der Waals surface area contributed by atoms with Gasteiger partial charge >= 0.3 is 13.3 Å². The molecule has 1 radical (unpaired) electrons. The molecule has 0 unspecified atom stereocenters. The maximum absolute atomic E-state index is 8.74. The summed E-state index contributed by atoms with van der Waals surface area (Å²) in [7, 11) is -4.67. The Balaban J connectivity index is -0.0000000267. The molecule has 0 aliphatic heterocycles. The standard InChI is InChI=1S/Mn.H2O4S/c;1-5(2,3)4/h;(H2,1,2,3,4)/p+2. The third kappa shape index (κ3) is 332. The number of rotatable bonds is 0. The van der Waals surface area contributed by atoms with Crippen molar-refractivity contribution in [2.75, 3.05) is 0 Å². The van der Waals surface area contributed by atoms with E-state index in [1.807, 2.05) is 0 Å². The molecule has 0 aliphatic rings. The second-order valence-corrected chi connectivity index (χ2v) is 1.34. The van der Waals surface area contributed by atoms with Gasteiger partial charge in [0.1, 0.15) is 0 Å². The van der Waals surface area contributed by atoms with Gasteiger partial charge in [-0.2, -0.15) is 8.42 Å². The van der Waals surface area contributed by atoms with Gasteiger partial charge in [-0.1, -0.05) is 0 Å². The summed E-state index contributed by atoms with van der Waals surface area (Å²) < 4.78 is 31.6. The molecule has 0 saturated heterocycles. The van der Waals surface area contributed by atoms with Crippen LogP contribution in [0.25, 0.3) is 0 Å². The fraction of sp³-hybridized carbons (Fsp3) is 0. The number of hydrogen-bond donors (Lipinski definition) is 2. The normalized spacial score (nSPS) is 9.67. The first-order chi connectivity index (χ1) is 2.00. The summed E-state index contributed by atoms with van der Waals surface area (Å²) in [5, 5.41) is 0. The molecule has 4 nitrogen and oxygen atoms in total. The molecule has 0 heterocycles. The molecular weight excluding hydrogens is 151 g/mol. The second-order valence-electron chi connectivity index (χ2n) is 0.448. The molecular formula is H4MnO4S+2. The fourth-order valence-corrected chi connectivity index (χ4v) is 0. The Morgan fingerprint density at radius 2 is 1.33 bits per heavy atom. The summed E-state index contributed by atoms with van der Waals surface area (Å²) in [4.78, 5) is 0. The van der Waals surface area contributed by atoms with E-state index in [2.05, 4.69) is 0 Å². The summed E-state index contributed by atoms with van der Waals surface area (Å²) >= 11 is 0. The smallest absolute Gasteiger partial charge is 0.264 e. The molecule has 0 spiro atoms. The van der Waals surface area contributed by atoms with Crippen molar-refractivity contribution >= 4 is 10.4 Å². The van der Waals surface area contributed by atoms with E-state index < -0.39 is 10.4 Å². The van der Waals surface area contributed by atoms with Crippen molar-refractivity contribution in [2.24, 2.45) is 0 Å². The van der Waals surface area contributed by atoms with Gasteiger partial charge in [-0.25, -0.2) is 0 Å². The summed E-state index contributed by atoms with van der Waals surface area (Å²) in [5.41, 5.74) is 0. The minimum Gasteiger partial charge on any atom is -0.264 e. The molecule has 6 heteroatoms. The van der Waals surface area contributed by atoms with Gasteiger partial charge in [0.05, 0.1) is 0 Å². The Hall–Kier alpha value is 0.389. The van der Waals surface area contributed by atoms with Gasteiger partial charge in [-0.3, -0.25) is 9.11 Å². The van der Waals surface area contributed by atoms with Gasteiger partial charge in [-0.05, 0) is 0 Å². The molecule has 39 valence electrons. The van der Waals surface area contributed by atoms with Crippen molar-refractivity contribution in [3.63, 3.8) is 0 Å². The van der Waals surface area contributed by atoms with Gasteiger partial charge in [0, 0.05) is 17.1 Å². The van der Waals surface area contributed by atoms with Gasteiger partial charge in [0.25, 0.3) is 0 Å². The molecule has 0 aliphatic carbocycles. The fourth-order valence-electron chi connectivity index (χ4n) is 0. The van der Waals surface area contributed by atoms with E-state index in [4.69, 9.17) is 17.5 Å². The van der Waals surface area contributed by atoms with Crippen molar-refractivity contribution in [1.82, 2.24) is 0 Å². The van der Waals surface area contributed by atoms with Crippen molar-refractivity contribution in [2.45, 2.75) is 0 Å². The van der Waals surface area contributed by atoms with Crippen molar-refractivity contribution in [3.8, 4) is 0 Å². The van der Waals surface area contributed by atoms with Gasteiger partial charge in [0.2, 0.25) is 0 Å². The molecule has 0 atom stereocenters. The third-order valence-electron chi connectivity index (χ3n) is 0. The Bertz CT molecular complexity index is 97.2. The average molecular weight is 155 g/mol. The van der Waals surface area contributed by atoms with Crippen LogP contribution in [0, 0.1) is 0 Å². The summed E-state index contributed by atoms with van der Waals surface area (Å²) in [6, 6.07) is 0. The van der Waals surface area contributed by atoms with Crippen molar-refractivity contribution < 1.29 is 37.4 Å². The average Bonchev–Trinajstić information content (AvgIpc) is 0.722. The van der Waals surface area contributed by atoms with E-state index in [1.54, 1.807) is 0 Å². The maximum Gasteiger partial charge on any atom is 1.00 e. The van der Waals surface area contributed by atoms with Crippen LogP contribution in [0.15, 0.2) is 0 Å². The SMILES string of the molecule is O=S(=O)(O)O.[H+].[H+].[Mn]. The van der Waals surface area contributed by atoms with Gasteiger partial charge < -0.3 is 0 Å². The van der Waals surface area contributed by atoms with E-state index in [0.29, 0.717) is 0 Å². The first-order valence-corrected chi connectivity index (χ1v) is 2.10. The molecule has 0 aromatic rings. The van der Waals surface area contributed by atoms with E-state index >= 15 is 0 Å². The molecule has 0 saturated carbocycles. The van der Waals surface area contributed by atoms with E-state index in [-0.39, 0.29) is 19.9 Å². The van der Waals surface area contributed by atoms with Gasteiger partial charge in [-0.15, -0.1) is 0 Å². The Morgan fingerprint density at radius 1 is 1.33 bits per heavy atom. The van der Waals surface area contributed by atoms with Gasteiger partial charge in [0.15, 0.2) is 0 Å². The van der Waals surface area contributed by atoms with E-state index in [9.17, 15) is 0 Å². The summed E-state index contributed by atoms with van der Waals surface area (Å²) in [6.07, 6.45) is 0. The monoisotopic (exact) mass is 155 g/mol. The van der Waals surface area contributed by atoms with Crippen LogP contribution in [0.4, 0.5) is 0 Å². The van der Waals surface area contributed by atoms with Crippen LogP contribution < -0.4 is 0 Å². The Labute approximate surface area is 48.6 Å². The topological polar surface area (TPSA) is 74.6 Å². The molecule has 6 heavy (non-hydrogen) atoms. The minimum atomic E-state index is -4.67. The van der Waals surface area contributed by atoms with Crippen molar-refractivity contribution in [1.29, 1.82) is 0 Å². The zero-order chi connectivity index (χ0) is 4.50. The van der Waals surface area contributed by atoms with Crippen LogP contribution in [-0.4, -0.2) is 17.5 Å². The predicted octanol–water partition coefficient (Wildman–Crippen LogP) is -0.430. The van der Waals surface area contributed by atoms with Crippen LogP contribution in [0.2, 0.25) is 0 Å². The van der Waals surface area contributed by atoms with E-state index in [0.717, 1.165) is 0 Å². The third-order valence-corrected chi connectivity index (χ3v) is 0. The second kappa shape index (κ2) is 2.54. The first-order valence-electron chi connectivity index (χ1n) is 0.698. The molecule has 0 rings (SSSR count). The van der Waals surface area contributed by atoms with Crippen molar-refractivity contribution in [3.05, 3.63) is 0 Å². The Morgan fingerprint density at radius 3 is 1.33 bits per heavy atom. The maximum atomic E-state index is 8.74. The molecule has 0 fully saturated rings. The first kappa shape index (κ1) is 9.63. The van der Waals surface area contributed by atoms with Crippen LogP contribution in [-0.2, 0) is 27.5 Å². The van der Waals surface area contributed by atoms with Crippen LogP contribution in [0.5, 0.6) is 0 Å². The van der Waals surface area contributed by atoms with E-state index in [1.165, 1.54) is 0 Å². The van der Waals surface area contributed by atoms with Crippen LogP contribution in [0.1, 0.15) is 2.85 Å². The molecule has 0 bridgehead atoms. The summed E-state index contributed by atoms with van der Waals surface area (Å²) in [6.45, 7) is 0. The number of hydrogen-bond acceptors (Lipinski definition) is 2. The quantitative estimate of drug-likeness (QED) is 0.367. The Kier molecular flexibility index (Phi) is 4.08. The largest absolute Gasteiger partial charge is 1.00 e. The molecule has 0 aromatic heterocycles. The molecule has 0 aromatic carbocycles. The molecule has 0 amide bonds.